The van der Waals surface area contributed by atoms with Gasteiger partial charge in [0.05, 0.1) is 23.8 Å². The van der Waals surface area contributed by atoms with Gasteiger partial charge in [-0.2, -0.15) is 5.10 Å². The van der Waals surface area contributed by atoms with E-state index < -0.39 is 0 Å². The lowest BCUT2D eigenvalue weighted by atomic mass is 10.2. The molecule has 0 amide bonds. The molecule has 2 rings (SSSR count). The first-order valence-electron chi connectivity index (χ1n) is 4.44. The van der Waals surface area contributed by atoms with Crippen LogP contribution in [0.1, 0.15) is 5.69 Å². The molecule has 0 aliphatic rings. The van der Waals surface area contributed by atoms with Crippen LogP contribution in [0.2, 0.25) is 0 Å². The summed E-state index contributed by atoms with van der Waals surface area (Å²) in [7, 11) is 1.89. The summed E-state index contributed by atoms with van der Waals surface area (Å²) < 4.78 is 1.80. The first-order valence-corrected chi connectivity index (χ1v) is 5.56. The van der Waals surface area contributed by atoms with Gasteiger partial charge in [0.1, 0.15) is 5.75 Å². The zero-order chi connectivity index (χ0) is 10.8. The molecule has 4 nitrogen and oxygen atoms in total. The highest BCUT2D eigenvalue weighted by Gasteiger charge is 2.10. The summed E-state index contributed by atoms with van der Waals surface area (Å²) in [5.41, 5.74) is 2.86. The average molecular weight is 268 g/mol. The van der Waals surface area contributed by atoms with E-state index in [9.17, 15) is 0 Å². The smallest absolute Gasteiger partial charge is 0.133 e. The number of aromatic nitrogens is 3. The lowest BCUT2D eigenvalue weighted by Crippen LogP contribution is -1.96. The fraction of sp³-hybridized carbons (Fsp3) is 0.200. The predicted octanol–water partition coefficient (Wildman–Crippen LogP) is 2.08. The molecule has 2 heterocycles. The highest BCUT2D eigenvalue weighted by atomic mass is 79.9. The van der Waals surface area contributed by atoms with Crippen LogP contribution in [0, 0.1) is 0 Å². The fourth-order valence-corrected chi connectivity index (χ4v) is 2.05. The molecule has 2 aromatic rings. The van der Waals surface area contributed by atoms with Crippen molar-refractivity contribution >= 4 is 15.9 Å². The molecule has 0 bridgehead atoms. The molecule has 0 aromatic carbocycles. The van der Waals surface area contributed by atoms with Gasteiger partial charge >= 0.3 is 0 Å². The van der Waals surface area contributed by atoms with E-state index in [0.717, 1.165) is 22.3 Å². The van der Waals surface area contributed by atoms with Crippen molar-refractivity contribution in [3.63, 3.8) is 0 Å². The molecule has 0 aliphatic carbocycles. The largest absolute Gasteiger partial charge is 0.506 e. The van der Waals surface area contributed by atoms with E-state index in [1.807, 2.05) is 7.05 Å². The van der Waals surface area contributed by atoms with Gasteiger partial charge in [0.2, 0.25) is 0 Å². The van der Waals surface area contributed by atoms with Gasteiger partial charge in [-0.3, -0.25) is 9.67 Å². The van der Waals surface area contributed by atoms with Gasteiger partial charge < -0.3 is 5.11 Å². The summed E-state index contributed by atoms with van der Waals surface area (Å²) in [6.07, 6.45) is 3.20. The van der Waals surface area contributed by atoms with Crippen LogP contribution in [0.5, 0.6) is 5.75 Å². The zero-order valence-electron chi connectivity index (χ0n) is 8.18. The summed E-state index contributed by atoms with van der Waals surface area (Å²) in [5.74, 6) is 0.169. The number of aromatic hydroxyl groups is 1. The lowest BCUT2D eigenvalue weighted by Gasteiger charge is -2.01. The molecule has 2 aromatic heterocycles. The molecule has 0 aliphatic heterocycles. The second-order valence-electron chi connectivity index (χ2n) is 3.16. The summed E-state index contributed by atoms with van der Waals surface area (Å²) in [6, 6.07) is 3.39. The summed E-state index contributed by atoms with van der Waals surface area (Å²) in [6.45, 7) is 0. The van der Waals surface area contributed by atoms with Crippen molar-refractivity contribution in [1.82, 2.24) is 14.8 Å². The standard InChI is InChI=1S/C10H10BrN3O/c1-14-10(4-11)8(6-13-14)9-3-2-7(15)5-12-9/h2-3,5-6,15H,4H2,1H3. The van der Waals surface area contributed by atoms with Crippen molar-refractivity contribution in [2.75, 3.05) is 0 Å². The Labute approximate surface area is 95.7 Å². The van der Waals surface area contributed by atoms with Crippen molar-refractivity contribution in [2.24, 2.45) is 7.05 Å². The Hall–Kier alpha value is -1.36. The van der Waals surface area contributed by atoms with Gasteiger partial charge in [0.15, 0.2) is 0 Å². The monoisotopic (exact) mass is 267 g/mol. The van der Waals surface area contributed by atoms with Crippen LogP contribution < -0.4 is 0 Å². The number of hydrogen-bond acceptors (Lipinski definition) is 3. The van der Waals surface area contributed by atoms with Crippen LogP contribution in [0.3, 0.4) is 0 Å². The van der Waals surface area contributed by atoms with Crippen molar-refractivity contribution in [3.05, 3.63) is 30.2 Å². The molecule has 0 saturated heterocycles. The minimum Gasteiger partial charge on any atom is -0.506 e. The van der Waals surface area contributed by atoms with E-state index in [1.165, 1.54) is 6.20 Å². The maximum Gasteiger partial charge on any atom is 0.133 e. The van der Waals surface area contributed by atoms with E-state index in [1.54, 1.807) is 23.0 Å². The highest BCUT2D eigenvalue weighted by Crippen LogP contribution is 2.23. The van der Waals surface area contributed by atoms with E-state index in [-0.39, 0.29) is 5.75 Å². The Bertz CT molecular complexity index is 464. The first kappa shape index (κ1) is 10.2. The lowest BCUT2D eigenvalue weighted by molar-refractivity contribution is 0.473. The molecular weight excluding hydrogens is 258 g/mol. The van der Waals surface area contributed by atoms with Gasteiger partial charge in [0, 0.05) is 17.9 Å². The Balaban J connectivity index is 2.49. The van der Waals surface area contributed by atoms with E-state index in [4.69, 9.17) is 5.11 Å². The Morgan fingerprint density at radius 1 is 1.40 bits per heavy atom. The maximum atomic E-state index is 9.14. The number of hydrogen-bond donors (Lipinski definition) is 1. The van der Waals surface area contributed by atoms with Gasteiger partial charge in [-0.25, -0.2) is 0 Å². The first-order chi connectivity index (χ1) is 7.22. The third-order valence-corrected chi connectivity index (χ3v) is 2.74. The van der Waals surface area contributed by atoms with Crippen molar-refractivity contribution < 1.29 is 5.11 Å². The van der Waals surface area contributed by atoms with Crippen LogP contribution >= 0.6 is 15.9 Å². The van der Waals surface area contributed by atoms with Crippen LogP contribution in [0.4, 0.5) is 0 Å². The Kier molecular flexibility index (Phi) is 2.73. The Morgan fingerprint density at radius 2 is 2.20 bits per heavy atom. The van der Waals surface area contributed by atoms with E-state index >= 15 is 0 Å². The average Bonchev–Trinajstić information content (AvgIpc) is 2.61. The molecule has 15 heavy (non-hydrogen) atoms. The molecule has 1 N–H and O–H groups in total. The summed E-state index contributed by atoms with van der Waals surface area (Å²) >= 11 is 3.41. The van der Waals surface area contributed by atoms with Crippen LogP contribution in [0.25, 0.3) is 11.3 Å². The molecule has 0 saturated carbocycles. The summed E-state index contributed by atoms with van der Waals surface area (Å²) in [5, 5.41) is 14.0. The number of halogens is 1. The van der Waals surface area contributed by atoms with Crippen LogP contribution in [-0.2, 0) is 12.4 Å². The minimum atomic E-state index is 0.169. The van der Waals surface area contributed by atoms with Crippen molar-refractivity contribution in [1.29, 1.82) is 0 Å². The van der Waals surface area contributed by atoms with Gasteiger partial charge in [0.25, 0.3) is 0 Å². The zero-order valence-corrected chi connectivity index (χ0v) is 9.77. The van der Waals surface area contributed by atoms with E-state index in [0.29, 0.717) is 0 Å². The quantitative estimate of drug-likeness (QED) is 0.848. The number of alkyl halides is 1. The molecule has 0 radical (unpaired) electrons. The van der Waals surface area contributed by atoms with E-state index in [2.05, 4.69) is 26.0 Å². The molecule has 0 unspecified atom stereocenters. The Morgan fingerprint density at radius 3 is 2.80 bits per heavy atom. The molecule has 78 valence electrons. The molecular formula is C10H10BrN3O. The van der Waals surface area contributed by atoms with Gasteiger partial charge in [-0.15, -0.1) is 0 Å². The van der Waals surface area contributed by atoms with Crippen molar-refractivity contribution in [2.45, 2.75) is 5.33 Å². The van der Waals surface area contributed by atoms with Crippen LogP contribution in [0.15, 0.2) is 24.5 Å². The third-order valence-electron chi connectivity index (χ3n) is 2.21. The topological polar surface area (TPSA) is 50.9 Å². The second-order valence-corrected chi connectivity index (χ2v) is 3.72. The number of pyridine rings is 1. The van der Waals surface area contributed by atoms with Crippen LogP contribution in [-0.4, -0.2) is 19.9 Å². The molecule has 0 fully saturated rings. The predicted molar refractivity (Wildman–Crippen MR) is 60.7 cm³/mol. The van der Waals surface area contributed by atoms with Gasteiger partial charge in [-0.1, -0.05) is 15.9 Å². The SMILES string of the molecule is Cn1ncc(-c2ccc(O)cn2)c1CBr. The van der Waals surface area contributed by atoms with Crippen molar-refractivity contribution in [3.8, 4) is 17.0 Å². The molecule has 0 atom stereocenters. The summed E-state index contributed by atoms with van der Waals surface area (Å²) in [4.78, 5) is 4.15. The number of aryl methyl sites for hydroxylation is 1. The normalized spacial score (nSPS) is 10.5. The fourth-order valence-electron chi connectivity index (χ4n) is 1.38. The molecule has 0 spiro atoms. The number of rotatable bonds is 2. The highest BCUT2D eigenvalue weighted by molar-refractivity contribution is 9.08. The minimum absolute atomic E-state index is 0.169. The number of nitrogens with zero attached hydrogens (tertiary/aromatic N) is 3. The third kappa shape index (κ3) is 1.87. The van der Waals surface area contributed by atoms with Gasteiger partial charge in [-0.05, 0) is 12.1 Å². The molecule has 5 heteroatoms. The maximum absolute atomic E-state index is 9.14. The second kappa shape index (κ2) is 4.02.